The van der Waals surface area contributed by atoms with Crippen LogP contribution in [0.3, 0.4) is 0 Å². The predicted octanol–water partition coefficient (Wildman–Crippen LogP) is -0.141. The van der Waals surface area contributed by atoms with E-state index in [-0.39, 0.29) is 25.0 Å². The molecular formula is C14H15N3O3. The third kappa shape index (κ3) is 4.28. The number of carbonyl (C=O) groups is 2. The van der Waals surface area contributed by atoms with Crippen molar-refractivity contribution in [3.8, 4) is 17.6 Å². The third-order valence-electron chi connectivity index (χ3n) is 2.73. The van der Waals surface area contributed by atoms with Crippen molar-refractivity contribution in [3.05, 3.63) is 24.5 Å². The van der Waals surface area contributed by atoms with Crippen LogP contribution in [-0.2, 0) is 9.59 Å². The van der Waals surface area contributed by atoms with Gasteiger partial charge in [-0.3, -0.25) is 14.6 Å². The first-order valence-electron chi connectivity index (χ1n) is 6.31. The van der Waals surface area contributed by atoms with Crippen molar-refractivity contribution in [2.45, 2.75) is 18.9 Å². The minimum Gasteiger partial charge on any atom is -0.479 e. The number of amides is 2. The van der Waals surface area contributed by atoms with Gasteiger partial charge >= 0.3 is 0 Å². The summed E-state index contributed by atoms with van der Waals surface area (Å²) in [5, 5.41) is 5.25. The quantitative estimate of drug-likeness (QED) is 0.748. The fourth-order valence-electron chi connectivity index (χ4n) is 1.73. The van der Waals surface area contributed by atoms with E-state index in [1.165, 1.54) is 0 Å². The highest BCUT2D eigenvalue weighted by Crippen LogP contribution is 2.06. The summed E-state index contributed by atoms with van der Waals surface area (Å²) in [5.74, 6) is 5.94. The van der Waals surface area contributed by atoms with Crippen LogP contribution in [0.5, 0.6) is 5.75 Å². The summed E-state index contributed by atoms with van der Waals surface area (Å²) in [6.07, 6.45) is 4.22. The van der Waals surface area contributed by atoms with Gasteiger partial charge in [-0.15, -0.1) is 0 Å². The standard InChI is InChI=1S/C14H15N3O3/c18-13-6-5-12(17-13)14(19)16-8-1-2-9-20-11-4-3-7-15-10-11/h3-4,7,10,12H,5-6,8-9H2,(H,16,19)(H,17,18). The molecule has 1 saturated heterocycles. The Morgan fingerprint density at radius 2 is 2.45 bits per heavy atom. The highest BCUT2D eigenvalue weighted by Gasteiger charge is 2.26. The first-order valence-corrected chi connectivity index (χ1v) is 6.31. The highest BCUT2D eigenvalue weighted by atomic mass is 16.5. The van der Waals surface area contributed by atoms with E-state index >= 15 is 0 Å². The molecule has 0 bridgehead atoms. The van der Waals surface area contributed by atoms with E-state index < -0.39 is 6.04 Å². The second-order valence-electron chi connectivity index (χ2n) is 4.21. The molecule has 0 aliphatic carbocycles. The Labute approximate surface area is 116 Å². The first kappa shape index (κ1) is 13.9. The Balaban J connectivity index is 1.62. The molecule has 1 aromatic heterocycles. The molecule has 0 spiro atoms. The lowest BCUT2D eigenvalue weighted by Gasteiger charge is -2.08. The lowest BCUT2D eigenvalue weighted by atomic mass is 10.2. The lowest BCUT2D eigenvalue weighted by Crippen LogP contribution is -2.41. The Hall–Kier alpha value is -2.55. The van der Waals surface area contributed by atoms with Gasteiger partial charge < -0.3 is 15.4 Å². The van der Waals surface area contributed by atoms with E-state index in [2.05, 4.69) is 27.5 Å². The summed E-state index contributed by atoms with van der Waals surface area (Å²) >= 11 is 0. The summed E-state index contributed by atoms with van der Waals surface area (Å²) < 4.78 is 5.32. The molecule has 0 saturated carbocycles. The van der Waals surface area contributed by atoms with Crippen molar-refractivity contribution in [1.82, 2.24) is 15.6 Å². The molecule has 2 amide bonds. The van der Waals surface area contributed by atoms with E-state index in [1.54, 1.807) is 24.5 Å². The zero-order valence-corrected chi connectivity index (χ0v) is 10.9. The average Bonchev–Trinajstić information content (AvgIpc) is 2.90. The van der Waals surface area contributed by atoms with Gasteiger partial charge in [0.1, 0.15) is 18.4 Å². The van der Waals surface area contributed by atoms with Crippen LogP contribution in [0.15, 0.2) is 24.5 Å². The molecule has 2 rings (SSSR count). The molecule has 104 valence electrons. The predicted molar refractivity (Wildman–Crippen MR) is 71.7 cm³/mol. The number of nitrogens with one attached hydrogen (secondary N) is 2. The molecule has 1 fully saturated rings. The monoisotopic (exact) mass is 273 g/mol. The summed E-state index contributed by atoms with van der Waals surface area (Å²) in [5.41, 5.74) is 0. The van der Waals surface area contributed by atoms with Gasteiger partial charge in [0.15, 0.2) is 0 Å². The van der Waals surface area contributed by atoms with E-state index in [4.69, 9.17) is 4.74 Å². The van der Waals surface area contributed by atoms with Crippen molar-refractivity contribution in [1.29, 1.82) is 0 Å². The smallest absolute Gasteiger partial charge is 0.243 e. The number of carbonyl (C=O) groups excluding carboxylic acids is 2. The van der Waals surface area contributed by atoms with E-state index in [0.29, 0.717) is 18.6 Å². The van der Waals surface area contributed by atoms with Gasteiger partial charge in [0, 0.05) is 12.6 Å². The van der Waals surface area contributed by atoms with Crippen LogP contribution in [0.25, 0.3) is 0 Å². The Kier molecular flexibility index (Phi) is 4.95. The van der Waals surface area contributed by atoms with Gasteiger partial charge in [-0.1, -0.05) is 11.8 Å². The van der Waals surface area contributed by atoms with Gasteiger partial charge in [0.2, 0.25) is 11.8 Å². The average molecular weight is 273 g/mol. The molecule has 6 heteroatoms. The van der Waals surface area contributed by atoms with Gasteiger partial charge in [0.25, 0.3) is 0 Å². The number of ether oxygens (including phenoxy) is 1. The molecule has 0 radical (unpaired) electrons. The maximum atomic E-state index is 11.6. The maximum absolute atomic E-state index is 11.6. The minimum absolute atomic E-state index is 0.0823. The Morgan fingerprint density at radius 1 is 1.55 bits per heavy atom. The van der Waals surface area contributed by atoms with Crippen molar-refractivity contribution in [3.63, 3.8) is 0 Å². The zero-order chi connectivity index (χ0) is 14.2. The molecule has 20 heavy (non-hydrogen) atoms. The van der Waals surface area contributed by atoms with Crippen LogP contribution in [0.1, 0.15) is 12.8 Å². The molecule has 1 aliphatic heterocycles. The van der Waals surface area contributed by atoms with Crippen LogP contribution in [0.4, 0.5) is 0 Å². The maximum Gasteiger partial charge on any atom is 0.243 e. The number of pyridine rings is 1. The molecule has 1 aliphatic rings. The fraction of sp³-hybridized carbons (Fsp3) is 0.357. The van der Waals surface area contributed by atoms with Crippen LogP contribution >= 0.6 is 0 Å². The Bertz CT molecular complexity index is 534. The number of aromatic nitrogens is 1. The van der Waals surface area contributed by atoms with E-state index in [9.17, 15) is 9.59 Å². The first-order chi connectivity index (χ1) is 9.75. The van der Waals surface area contributed by atoms with Crippen LogP contribution in [0.2, 0.25) is 0 Å². The molecule has 0 aromatic carbocycles. The number of rotatable bonds is 4. The zero-order valence-electron chi connectivity index (χ0n) is 10.9. The van der Waals surface area contributed by atoms with Crippen molar-refractivity contribution < 1.29 is 14.3 Å². The molecule has 2 heterocycles. The molecule has 2 N–H and O–H groups in total. The summed E-state index contributed by atoms with van der Waals surface area (Å²) in [6.45, 7) is 0.476. The number of hydrogen-bond acceptors (Lipinski definition) is 4. The topological polar surface area (TPSA) is 80.3 Å². The SMILES string of the molecule is O=C1CCC(C(=O)NCC#CCOc2cccnc2)N1. The van der Waals surface area contributed by atoms with Crippen molar-refractivity contribution >= 4 is 11.8 Å². The highest BCUT2D eigenvalue weighted by molar-refractivity contribution is 5.90. The van der Waals surface area contributed by atoms with Gasteiger partial charge in [-0.05, 0) is 18.6 Å². The van der Waals surface area contributed by atoms with Gasteiger partial charge in [-0.25, -0.2) is 0 Å². The minimum atomic E-state index is -0.420. The molecule has 1 unspecified atom stereocenters. The van der Waals surface area contributed by atoms with Crippen LogP contribution in [0, 0.1) is 11.8 Å². The molecule has 1 atom stereocenters. The van der Waals surface area contributed by atoms with Gasteiger partial charge in [-0.2, -0.15) is 0 Å². The van der Waals surface area contributed by atoms with E-state index in [0.717, 1.165) is 0 Å². The third-order valence-corrected chi connectivity index (χ3v) is 2.73. The van der Waals surface area contributed by atoms with Crippen molar-refractivity contribution in [2.75, 3.05) is 13.2 Å². The Morgan fingerprint density at radius 3 is 3.15 bits per heavy atom. The van der Waals surface area contributed by atoms with Crippen LogP contribution in [-0.4, -0.2) is 36.0 Å². The second-order valence-corrected chi connectivity index (χ2v) is 4.21. The van der Waals surface area contributed by atoms with E-state index in [1.807, 2.05) is 0 Å². The molecule has 6 nitrogen and oxygen atoms in total. The number of nitrogens with zero attached hydrogens (tertiary/aromatic N) is 1. The lowest BCUT2D eigenvalue weighted by molar-refractivity contribution is -0.125. The summed E-state index contributed by atoms with van der Waals surface area (Å²) in [7, 11) is 0. The summed E-state index contributed by atoms with van der Waals surface area (Å²) in [4.78, 5) is 26.5. The summed E-state index contributed by atoms with van der Waals surface area (Å²) in [6, 6.07) is 3.15. The fourth-order valence-corrected chi connectivity index (χ4v) is 1.73. The largest absolute Gasteiger partial charge is 0.479 e. The number of hydrogen-bond donors (Lipinski definition) is 2. The normalized spacial score (nSPS) is 16.8. The van der Waals surface area contributed by atoms with Gasteiger partial charge in [0.05, 0.1) is 12.7 Å². The van der Waals surface area contributed by atoms with Crippen LogP contribution < -0.4 is 15.4 Å². The molecular weight excluding hydrogens is 258 g/mol. The molecule has 1 aromatic rings. The second kappa shape index (κ2) is 7.14. The van der Waals surface area contributed by atoms with Crippen molar-refractivity contribution in [2.24, 2.45) is 0 Å².